The van der Waals surface area contributed by atoms with Crippen LogP contribution in [0.15, 0.2) is 60.7 Å². The number of benzene rings is 2. The minimum absolute atomic E-state index is 0.311. The van der Waals surface area contributed by atoms with Crippen LogP contribution in [-0.2, 0) is 20.0 Å². The maximum Gasteiger partial charge on any atom is 0.0140 e. The molecule has 8 saturated carbocycles. The predicted octanol–water partition coefficient (Wildman–Crippen LogP) is 8.74. The van der Waals surface area contributed by atoms with E-state index in [2.05, 4.69) is 86.3 Å². The van der Waals surface area contributed by atoms with Crippen molar-refractivity contribution in [3.8, 4) is 0 Å². The summed E-state index contributed by atoms with van der Waals surface area (Å²) in [6.07, 6.45) is 17.4. The van der Waals surface area contributed by atoms with E-state index >= 15 is 0 Å². The average Bonchev–Trinajstić information content (AvgIpc) is 2.89. The molecule has 0 saturated heterocycles. The van der Waals surface area contributed by atoms with Gasteiger partial charge in [0.05, 0.1) is 0 Å². The Morgan fingerprint density at radius 2 is 0.784 bits per heavy atom. The van der Waals surface area contributed by atoms with Crippen molar-refractivity contribution >= 4 is 20.6 Å². The number of hydrogen-bond donors (Lipinski definition) is 0. The zero-order valence-electron chi connectivity index (χ0n) is 21.9. The van der Waals surface area contributed by atoms with Gasteiger partial charge in [-0.2, -0.15) is 6.67 Å². The fraction of sp³-hybridized carbons (Fsp3) is 0.606. The van der Waals surface area contributed by atoms with E-state index in [1.54, 1.807) is 20.0 Å². The van der Waals surface area contributed by atoms with E-state index in [-0.39, 0.29) is 0 Å². The SMILES string of the molecule is [Cl][Au].c1ccc(N([CH-]N(c2ccccc2)C23CC4CC(CC(C4)C2)C3)C23CC4CC(CC(C4)C2)C3)cc1. The molecule has 0 aromatic heterocycles. The number of rotatable bonds is 6. The molecule has 0 N–H and O–H groups in total. The van der Waals surface area contributed by atoms with Crippen LogP contribution in [0.2, 0.25) is 0 Å². The fourth-order valence-electron chi connectivity index (χ4n) is 10.9. The van der Waals surface area contributed by atoms with Crippen LogP contribution >= 0.6 is 9.19 Å². The van der Waals surface area contributed by atoms with E-state index in [9.17, 15) is 0 Å². The van der Waals surface area contributed by atoms with Crippen molar-refractivity contribution in [2.75, 3.05) is 9.80 Å². The second-order valence-electron chi connectivity index (χ2n) is 13.8. The third kappa shape index (κ3) is 4.43. The zero-order valence-corrected chi connectivity index (χ0v) is 24.8. The van der Waals surface area contributed by atoms with E-state index < -0.39 is 0 Å². The van der Waals surface area contributed by atoms with Crippen molar-refractivity contribution in [1.29, 1.82) is 0 Å². The first kappa shape index (κ1) is 25.1. The van der Waals surface area contributed by atoms with Gasteiger partial charge in [0.15, 0.2) is 0 Å². The number of halogens is 1. The van der Waals surface area contributed by atoms with Crippen LogP contribution in [0, 0.1) is 42.2 Å². The van der Waals surface area contributed by atoms with Gasteiger partial charge in [-0.1, -0.05) is 36.4 Å². The number of anilines is 2. The molecule has 0 atom stereocenters. The molecule has 0 amide bonds. The smallest absolute Gasteiger partial charge is 0.0140 e. The Bertz CT molecular complexity index is 916. The Balaban J connectivity index is 0.00000113. The van der Waals surface area contributed by atoms with Crippen LogP contribution < -0.4 is 9.80 Å². The molecular weight excluding hydrogens is 657 g/mol. The minimum Gasteiger partial charge on any atom is -0.498 e. The number of hydrogen-bond acceptors (Lipinski definition) is 2. The van der Waals surface area contributed by atoms with Crippen molar-refractivity contribution in [2.24, 2.45) is 35.5 Å². The molecule has 8 fully saturated rings. The van der Waals surface area contributed by atoms with Gasteiger partial charge in [-0.05, 0) is 137 Å². The summed E-state index contributed by atoms with van der Waals surface area (Å²) in [6.45, 7) is 2.67. The summed E-state index contributed by atoms with van der Waals surface area (Å²) in [7, 11) is 4.58. The molecule has 0 aliphatic heterocycles. The van der Waals surface area contributed by atoms with Crippen molar-refractivity contribution in [3.63, 3.8) is 0 Å². The van der Waals surface area contributed by atoms with Gasteiger partial charge in [0.2, 0.25) is 0 Å². The molecule has 2 aromatic carbocycles. The largest absolute Gasteiger partial charge is 0.498 e. The van der Waals surface area contributed by atoms with E-state index in [1.807, 2.05) is 0 Å². The van der Waals surface area contributed by atoms with Gasteiger partial charge in [-0.25, -0.2) is 0 Å². The topological polar surface area (TPSA) is 6.48 Å². The van der Waals surface area contributed by atoms with E-state index in [4.69, 9.17) is 0 Å². The molecule has 8 bridgehead atoms. The van der Waals surface area contributed by atoms with Crippen LogP contribution in [0.3, 0.4) is 0 Å². The second-order valence-corrected chi connectivity index (χ2v) is 13.8. The summed E-state index contributed by atoms with van der Waals surface area (Å²) in [6, 6.07) is 23.0. The zero-order chi connectivity index (χ0) is 25.0. The summed E-state index contributed by atoms with van der Waals surface area (Å²) >= 11 is 1.75. The third-order valence-electron chi connectivity index (χ3n) is 11.3. The standard InChI is InChI=1S/C33H41N2.Au.ClH/c1-3-7-30(8-4-1)34(32-17-24-11-25(18-32)13-26(12-24)19-32)23-35(31-9-5-2-6-10-31)33-20-27-14-28(21-33)16-29(15-27)22-33;;/h1-10,23-29H,11-22H2;;1H/q-1;+1;/p-1. The number of nitrogens with zero attached hydrogens (tertiary/aromatic N) is 2. The molecule has 0 heterocycles. The summed E-state index contributed by atoms with van der Waals surface area (Å²) in [5.74, 6) is 5.70. The van der Waals surface area contributed by atoms with Gasteiger partial charge < -0.3 is 9.80 Å². The molecule has 202 valence electrons. The maximum absolute atomic E-state index is 4.58. The summed E-state index contributed by atoms with van der Waals surface area (Å²) in [5.41, 5.74) is 3.46. The molecule has 10 rings (SSSR count). The van der Waals surface area contributed by atoms with Crippen molar-refractivity contribution in [2.45, 2.75) is 88.1 Å². The van der Waals surface area contributed by atoms with Crippen LogP contribution in [0.25, 0.3) is 0 Å². The molecule has 8 aliphatic rings. The third-order valence-corrected chi connectivity index (χ3v) is 11.3. The number of para-hydroxylation sites is 2. The molecule has 8 aliphatic carbocycles. The Hall–Kier alpha value is -0.930. The van der Waals surface area contributed by atoms with Gasteiger partial charge in [-0.3, -0.25) is 0 Å². The maximum atomic E-state index is 4.58. The van der Waals surface area contributed by atoms with Gasteiger partial charge in [0, 0.05) is 22.5 Å². The minimum atomic E-state index is 0.311. The summed E-state index contributed by atoms with van der Waals surface area (Å²) < 4.78 is 0. The quantitative estimate of drug-likeness (QED) is 0.220. The van der Waals surface area contributed by atoms with Gasteiger partial charge in [0.1, 0.15) is 0 Å². The van der Waals surface area contributed by atoms with Gasteiger partial charge >= 0.3 is 29.2 Å². The first-order valence-electron chi connectivity index (χ1n) is 14.8. The first-order valence-corrected chi connectivity index (χ1v) is 17.5. The van der Waals surface area contributed by atoms with E-state index in [1.165, 1.54) is 88.4 Å². The van der Waals surface area contributed by atoms with E-state index in [0.29, 0.717) is 11.1 Å². The molecular formula is C33H41AuClN2-. The molecule has 4 heteroatoms. The van der Waals surface area contributed by atoms with Crippen molar-refractivity contribution < 1.29 is 20.0 Å². The van der Waals surface area contributed by atoms with Crippen molar-refractivity contribution in [3.05, 3.63) is 67.3 Å². The Labute approximate surface area is 240 Å². The Morgan fingerprint density at radius 3 is 1.05 bits per heavy atom. The van der Waals surface area contributed by atoms with Crippen molar-refractivity contribution in [1.82, 2.24) is 0 Å². The molecule has 0 unspecified atom stereocenters. The average molecular weight is 698 g/mol. The Morgan fingerprint density at radius 1 is 0.514 bits per heavy atom. The molecule has 0 spiro atoms. The van der Waals surface area contributed by atoms with E-state index in [0.717, 1.165) is 35.5 Å². The van der Waals surface area contributed by atoms with Gasteiger partial charge in [0.25, 0.3) is 0 Å². The second kappa shape index (κ2) is 9.92. The fourth-order valence-corrected chi connectivity index (χ4v) is 10.9. The Kier molecular flexibility index (Phi) is 6.72. The molecule has 2 nitrogen and oxygen atoms in total. The first-order chi connectivity index (χ1) is 18.2. The van der Waals surface area contributed by atoms with Crippen LogP contribution in [0.5, 0.6) is 0 Å². The van der Waals surface area contributed by atoms with Crippen LogP contribution in [-0.4, -0.2) is 11.1 Å². The molecule has 0 radical (unpaired) electrons. The van der Waals surface area contributed by atoms with Crippen LogP contribution in [0.4, 0.5) is 11.4 Å². The van der Waals surface area contributed by atoms with Crippen LogP contribution in [0.1, 0.15) is 77.0 Å². The summed E-state index contributed by atoms with van der Waals surface area (Å²) in [5, 5.41) is 0. The predicted molar refractivity (Wildman–Crippen MR) is 150 cm³/mol. The molecule has 37 heavy (non-hydrogen) atoms. The van der Waals surface area contributed by atoms with Gasteiger partial charge in [-0.15, -0.1) is 0 Å². The summed E-state index contributed by atoms with van der Waals surface area (Å²) in [4.78, 5) is 5.67. The normalized spacial score (nSPS) is 40.3. The monoisotopic (exact) mass is 697 g/mol. The molecule has 2 aromatic rings.